The first-order chi connectivity index (χ1) is 10.9. The number of benzene rings is 1. The minimum atomic E-state index is -3.16. The molecule has 1 unspecified atom stereocenters. The molecule has 0 aromatic heterocycles. The number of carbonyl (C=O) groups excluding carboxylic acids is 1. The SMILES string of the molecule is CS(=O)(=O)N1CCN(C(=O)CC2CCOc3ccccc32)CC1. The van der Waals surface area contributed by atoms with Gasteiger partial charge in [0.2, 0.25) is 15.9 Å². The molecule has 1 aromatic carbocycles. The summed E-state index contributed by atoms with van der Waals surface area (Å²) in [6, 6.07) is 7.87. The van der Waals surface area contributed by atoms with Crippen molar-refractivity contribution in [1.82, 2.24) is 9.21 Å². The highest BCUT2D eigenvalue weighted by Crippen LogP contribution is 2.35. The van der Waals surface area contributed by atoms with Crippen LogP contribution in [-0.4, -0.2) is 62.6 Å². The zero-order chi connectivity index (χ0) is 16.4. The number of carbonyl (C=O) groups is 1. The maximum atomic E-state index is 12.5. The smallest absolute Gasteiger partial charge is 0.223 e. The molecule has 2 aliphatic rings. The van der Waals surface area contributed by atoms with Gasteiger partial charge in [-0.2, -0.15) is 4.31 Å². The molecule has 1 amide bonds. The number of hydrogen-bond acceptors (Lipinski definition) is 4. The lowest BCUT2D eigenvalue weighted by molar-refractivity contribution is -0.132. The standard InChI is InChI=1S/C16H22N2O4S/c1-23(20,21)18-9-7-17(8-10-18)16(19)12-13-6-11-22-15-5-3-2-4-14(13)15/h2-5,13H,6-12H2,1H3. The molecule has 0 aliphatic carbocycles. The maximum absolute atomic E-state index is 12.5. The molecule has 1 aromatic rings. The van der Waals surface area contributed by atoms with Gasteiger partial charge >= 0.3 is 0 Å². The quantitative estimate of drug-likeness (QED) is 0.826. The van der Waals surface area contributed by atoms with Crippen LogP contribution in [0.2, 0.25) is 0 Å². The van der Waals surface area contributed by atoms with Crippen LogP contribution in [0.1, 0.15) is 24.3 Å². The Morgan fingerprint density at radius 2 is 1.91 bits per heavy atom. The van der Waals surface area contributed by atoms with E-state index in [0.717, 1.165) is 17.7 Å². The summed E-state index contributed by atoms with van der Waals surface area (Å²) in [7, 11) is -3.16. The van der Waals surface area contributed by atoms with Crippen molar-refractivity contribution >= 4 is 15.9 Å². The average Bonchev–Trinajstić information content (AvgIpc) is 2.54. The van der Waals surface area contributed by atoms with Crippen LogP contribution in [0, 0.1) is 0 Å². The highest BCUT2D eigenvalue weighted by atomic mass is 32.2. The molecule has 6 nitrogen and oxygen atoms in total. The summed E-state index contributed by atoms with van der Waals surface area (Å²) in [6.45, 7) is 2.34. The van der Waals surface area contributed by atoms with Crippen molar-refractivity contribution in [3.8, 4) is 5.75 Å². The predicted molar refractivity (Wildman–Crippen MR) is 86.9 cm³/mol. The Balaban J connectivity index is 1.61. The molecule has 1 fully saturated rings. The van der Waals surface area contributed by atoms with E-state index in [1.54, 1.807) is 4.90 Å². The van der Waals surface area contributed by atoms with Gasteiger partial charge in [-0.25, -0.2) is 8.42 Å². The van der Waals surface area contributed by atoms with Crippen molar-refractivity contribution in [2.24, 2.45) is 0 Å². The summed E-state index contributed by atoms with van der Waals surface area (Å²) in [6.07, 6.45) is 2.51. The van der Waals surface area contributed by atoms with E-state index in [4.69, 9.17) is 4.74 Å². The first-order valence-corrected chi connectivity index (χ1v) is 9.74. The van der Waals surface area contributed by atoms with Crippen molar-refractivity contribution in [1.29, 1.82) is 0 Å². The molecule has 0 N–H and O–H groups in total. The number of rotatable bonds is 3. The summed E-state index contributed by atoms with van der Waals surface area (Å²) >= 11 is 0. The van der Waals surface area contributed by atoms with E-state index in [2.05, 4.69) is 0 Å². The van der Waals surface area contributed by atoms with Crippen LogP contribution in [-0.2, 0) is 14.8 Å². The van der Waals surface area contributed by atoms with E-state index >= 15 is 0 Å². The maximum Gasteiger partial charge on any atom is 0.223 e. The fourth-order valence-corrected chi connectivity index (χ4v) is 4.06. The first kappa shape index (κ1) is 16.3. The highest BCUT2D eigenvalue weighted by Gasteiger charge is 2.29. The number of amides is 1. The first-order valence-electron chi connectivity index (χ1n) is 7.90. The zero-order valence-electron chi connectivity index (χ0n) is 13.3. The number of piperazine rings is 1. The number of sulfonamides is 1. The van der Waals surface area contributed by atoms with E-state index in [9.17, 15) is 13.2 Å². The summed E-state index contributed by atoms with van der Waals surface area (Å²) in [5.41, 5.74) is 1.10. The normalized spacial score (nSPS) is 22.3. The summed E-state index contributed by atoms with van der Waals surface area (Å²) in [5, 5.41) is 0. The molecule has 2 heterocycles. The molecular weight excluding hydrogens is 316 g/mol. The van der Waals surface area contributed by atoms with Gasteiger partial charge in [0.1, 0.15) is 5.75 Å². The number of nitrogens with zero attached hydrogens (tertiary/aromatic N) is 2. The lowest BCUT2D eigenvalue weighted by atomic mass is 9.90. The third kappa shape index (κ3) is 3.67. The van der Waals surface area contributed by atoms with E-state index < -0.39 is 10.0 Å². The second-order valence-electron chi connectivity index (χ2n) is 6.12. The second-order valence-corrected chi connectivity index (χ2v) is 8.10. The van der Waals surface area contributed by atoms with Crippen LogP contribution in [0.25, 0.3) is 0 Å². The van der Waals surface area contributed by atoms with Crippen molar-refractivity contribution in [2.75, 3.05) is 39.0 Å². The molecule has 2 aliphatic heterocycles. The van der Waals surface area contributed by atoms with Gasteiger partial charge in [-0.15, -0.1) is 0 Å². The lowest BCUT2D eigenvalue weighted by Crippen LogP contribution is -2.50. The van der Waals surface area contributed by atoms with Gasteiger partial charge in [-0.1, -0.05) is 18.2 Å². The highest BCUT2D eigenvalue weighted by molar-refractivity contribution is 7.88. The van der Waals surface area contributed by atoms with Gasteiger partial charge in [-0.05, 0) is 24.0 Å². The Labute approximate surface area is 137 Å². The number of para-hydroxylation sites is 1. The van der Waals surface area contributed by atoms with Crippen LogP contribution in [0.4, 0.5) is 0 Å². The van der Waals surface area contributed by atoms with Crippen LogP contribution in [0.15, 0.2) is 24.3 Å². The van der Waals surface area contributed by atoms with E-state index in [1.165, 1.54) is 10.6 Å². The Morgan fingerprint density at radius 3 is 2.61 bits per heavy atom. The van der Waals surface area contributed by atoms with E-state index in [1.807, 2.05) is 24.3 Å². The molecule has 0 spiro atoms. The minimum Gasteiger partial charge on any atom is -0.493 e. The Morgan fingerprint density at radius 1 is 1.22 bits per heavy atom. The number of ether oxygens (including phenoxy) is 1. The average molecular weight is 338 g/mol. The number of hydrogen-bond donors (Lipinski definition) is 0. The van der Waals surface area contributed by atoms with Gasteiger partial charge in [0.05, 0.1) is 12.9 Å². The lowest BCUT2D eigenvalue weighted by Gasteiger charge is -2.34. The van der Waals surface area contributed by atoms with Crippen LogP contribution in [0.5, 0.6) is 5.75 Å². The summed E-state index contributed by atoms with van der Waals surface area (Å²) in [5.74, 6) is 1.15. The zero-order valence-corrected chi connectivity index (χ0v) is 14.1. The number of fused-ring (bicyclic) bond motifs is 1. The Bertz CT molecular complexity index is 681. The van der Waals surface area contributed by atoms with Gasteiger partial charge in [0, 0.05) is 32.6 Å². The molecule has 1 atom stereocenters. The Hall–Kier alpha value is -1.60. The molecule has 0 saturated carbocycles. The van der Waals surface area contributed by atoms with Gasteiger partial charge in [-0.3, -0.25) is 4.79 Å². The van der Waals surface area contributed by atoms with Crippen LogP contribution >= 0.6 is 0 Å². The summed E-state index contributed by atoms with van der Waals surface area (Å²) < 4.78 is 30.1. The monoisotopic (exact) mass is 338 g/mol. The molecule has 23 heavy (non-hydrogen) atoms. The molecular formula is C16H22N2O4S. The molecule has 0 bridgehead atoms. The molecule has 3 rings (SSSR count). The van der Waals surface area contributed by atoms with Crippen LogP contribution in [0.3, 0.4) is 0 Å². The Kier molecular flexibility index (Phi) is 4.59. The van der Waals surface area contributed by atoms with E-state index in [0.29, 0.717) is 39.2 Å². The van der Waals surface area contributed by atoms with Crippen molar-refractivity contribution in [2.45, 2.75) is 18.8 Å². The van der Waals surface area contributed by atoms with Crippen molar-refractivity contribution in [3.05, 3.63) is 29.8 Å². The van der Waals surface area contributed by atoms with E-state index in [-0.39, 0.29) is 11.8 Å². The van der Waals surface area contributed by atoms with Gasteiger partial charge in [0.15, 0.2) is 0 Å². The van der Waals surface area contributed by atoms with Crippen molar-refractivity contribution in [3.63, 3.8) is 0 Å². The van der Waals surface area contributed by atoms with Gasteiger partial charge < -0.3 is 9.64 Å². The summed E-state index contributed by atoms with van der Waals surface area (Å²) in [4.78, 5) is 14.3. The third-order valence-corrected chi connectivity index (χ3v) is 5.87. The molecule has 126 valence electrons. The van der Waals surface area contributed by atoms with Crippen LogP contribution < -0.4 is 4.74 Å². The largest absolute Gasteiger partial charge is 0.493 e. The van der Waals surface area contributed by atoms with Crippen molar-refractivity contribution < 1.29 is 17.9 Å². The second kappa shape index (κ2) is 6.49. The predicted octanol–water partition coefficient (Wildman–Crippen LogP) is 1.05. The topological polar surface area (TPSA) is 66.9 Å². The fraction of sp³-hybridized carbons (Fsp3) is 0.562. The molecule has 1 saturated heterocycles. The van der Waals surface area contributed by atoms with Gasteiger partial charge in [0.25, 0.3) is 0 Å². The third-order valence-electron chi connectivity index (χ3n) is 4.56. The fourth-order valence-electron chi connectivity index (χ4n) is 3.24. The minimum absolute atomic E-state index is 0.0971. The molecule has 0 radical (unpaired) electrons. The molecule has 7 heteroatoms.